The highest BCUT2D eigenvalue weighted by molar-refractivity contribution is 6.36. The third-order valence-corrected chi connectivity index (χ3v) is 6.27. The number of rotatable bonds is 3. The molecule has 0 unspecified atom stereocenters. The molecule has 1 aliphatic rings. The van der Waals surface area contributed by atoms with Crippen molar-refractivity contribution >= 4 is 24.8 Å². The molecule has 0 radical (unpaired) electrons. The standard InChI is InChI=1S/C23H25BN6/c24-20-21(15-6-9-17(25)10-7-15)29-23-18(13-28-30(23)22(20)26)16-8-11-19(27-12-16)14-4-2-1-3-5-14/h1-5,8,11-13,15,17H,6-7,9-10,24-26H2/t15-,17+. The van der Waals surface area contributed by atoms with Crippen LogP contribution in [0.15, 0.2) is 54.9 Å². The van der Waals surface area contributed by atoms with Crippen molar-refractivity contribution in [3.8, 4) is 22.4 Å². The maximum Gasteiger partial charge on any atom is 0.165 e. The zero-order valence-electron chi connectivity index (χ0n) is 17.1. The number of hydrogen-bond acceptors (Lipinski definition) is 5. The van der Waals surface area contributed by atoms with Gasteiger partial charge in [-0.25, -0.2) is 4.98 Å². The van der Waals surface area contributed by atoms with Gasteiger partial charge in [-0.05, 0) is 37.2 Å². The van der Waals surface area contributed by atoms with E-state index in [0.717, 1.165) is 64.9 Å². The smallest absolute Gasteiger partial charge is 0.165 e. The van der Waals surface area contributed by atoms with Crippen LogP contribution in [0.5, 0.6) is 0 Å². The summed E-state index contributed by atoms with van der Waals surface area (Å²) in [5, 5.41) is 4.52. The van der Waals surface area contributed by atoms with Gasteiger partial charge in [0.25, 0.3) is 0 Å². The van der Waals surface area contributed by atoms with E-state index in [-0.39, 0.29) is 0 Å². The normalized spacial score (nSPS) is 19.2. The lowest BCUT2D eigenvalue weighted by Crippen LogP contribution is -2.30. The first-order valence-corrected chi connectivity index (χ1v) is 10.5. The molecular formula is C23H25BN6. The van der Waals surface area contributed by atoms with E-state index in [4.69, 9.17) is 16.5 Å². The molecule has 1 aromatic carbocycles. The number of nitrogens with two attached hydrogens (primary N) is 2. The van der Waals surface area contributed by atoms with Gasteiger partial charge in [0.15, 0.2) is 5.65 Å². The van der Waals surface area contributed by atoms with E-state index >= 15 is 0 Å². The van der Waals surface area contributed by atoms with Gasteiger partial charge in [-0.3, -0.25) is 4.98 Å². The number of fused-ring (bicyclic) bond motifs is 1. The molecule has 1 aliphatic carbocycles. The van der Waals surface area contributed by atoms with Crippen LogP contribution in [0.2, 0.25) is 0 Å². The minimum absolute atomic E-state index is 0.308. The fourth-order valence-electron chi connectivity index (χ4n) is 4.44. The van der Waals surface area contributed by atoms with Crippen LogP contribution in [-0.4, -0.2) is 33.5 Å². The van der Waals surface area contributed by atoms with Crippen LogP contribution in [0.25, 0.3) is 28.0 Å². The average Bonchev–Trinajstić information content (AvgIpc) is 3.22. The van der Waals surface area contributed by atoms with Crippen LogP contribution < -0.4 is 16.9 Å². The highest BCUT2D eigenvalue weighted by atomic mass is 15.3. The molecule has 0 atom stereocenters. The SMILES string of the molecule is Bc1c(N)n2ncc(-c3ccc(-c4ccccc4)nc3)c2nc1[C@H]1CC[C@@H](N)CC1. The maximum atomic E-state index is 6.46. The summed E-state index contributed by atoms with van der Waals surface area (Å²) in [5.41, 5.74) is 19.4. The molecule has 0 aliphatic heterocycles. The van der Waals surface area contributed by atoms with Crippen LogP contribution >= 0.6 is 0 Å². The number of benzene rings is 1. The summed E-state index contributed by atoms with van der Waals surface area (Å²) in [7, 11) is 2.04. The molecule has 4 N–H and O–H groups in total. The number of pyridine rings is 1. The topological polar surface area (TPSA) is 95.1 Å². The van der Waals surface area contributed by atoms with Gasteiger partial charge >= 0.3 is 0 Å². The molecule has 0 spiro atoms. The Morgan fingerprint density at radius 2 is 1.70 bits per heavy atom. The lowest BCUT2D eigenvalue weighted by atomic mass is 9.79. The van der Waals surface area contributed by atoms with E-state index in [2.05, 4.69) is 28.3 Å². The van der Waals surface area contributed by atoms with Crippen LogP contribution in [0.4, 0.5) is 5.82 Å². The van der Waals surface area contributed by atoms with E-state index in [1.54, 1.807) is 4.52 Å². The molecule has 1 saturated carbocycles. The second-order valence-electron chi connectivity index (χ2n) is 8.21. The molecule has 150 valence electrons. The highest BCUT2D eigenvalue weighted by Gasteiger charge is 2.25. The highest BCUT2D eigenvalue weighted by Crippen LogP contribution is 2.33. The first-order chi connectivity index (χ1) is 14.6. The van der Waals surface area contributed by atoms with Gasteiger partial charge in [-0.15, -0.1) is 0 Å². The molecule has 0 saturated heterocycles. The molecule has 1 fully saturated rings. The number of anilines is 1. The minimum atomic E-state index is 0.308. The quantitative estimate of drug-likeness (QED) is 0.518. The van der Waals surface area contributed by atoms with Crippen LogP contribution in [-0.2, 0) is 0 Å². The zero-order chi connectivity index (χ0) is 20.7. The first kappa shape index (κ1) is 18.8. The fraction of sp³-hybridized carbons (Fsp3) is 0.261. The largest absolute Gasteiger partial charge is 0.384 e. The van der Waals surface area contributed by atoms with Crippen LogP contribution in [0.3, 0.4) is 0 Å². The summed E-state index contributed by atoms with van der Waals surface area (Å²) in [4.78, 5) is 9.72. The molecule has 4 aromatic rings. The predicted octanol–water partition coefficient (Wildman–Crippen LogP) is 2.28. The van der Waals surface area contributed by atoms with Crippen molar-refractivity contribution < 1.29 is 0 Å². The minimum Gasteiger partial charge on any atom is -0.384 e. The molecular weight excluding hydrogens is 371 g/mol. The molecule has 7 heteroatoms. The second kappa shape index (κ2) is 7.57. The Morgan fingerprint density at radius 3 is 2.40 bits per heavy atom. The van der Waals surface area contributed by atoms with E-state index < -0.39 is 0 Å². The van der Waals surface area contributed by atoms with Crippen molar-refractivity contribution in [3.05, 3.63) is 60.6 Å². The van der Waals surface area contributed by atoms with Crippen molar-refractivity contribution in [2.75, 3.05) is 5.73 Å². The van der Waals surface area contributed by atoms with Gasteiger partial charge < -0.3 is 11.5 Å². The van der Waals surface area contributed by atoms with Crippen molar-refractivity contribution in [2.45, 2.75) is 37.6 Å². The maximum absolute atomic E-state index is 6.46. The van der Waals surface area contributed by atoms with Crippen molar-refractivity contribution in [2.24, 2.45) is 5.73 Å². The monoisotopic (exact) mass is 396 g/mol. The van der Waals surface area contributed by atoms with Gasteiger partial charge in [0.1, 0.15) is 13.7 Å². The molecule has 3 heterocycles. The summed E-state index contributed by atoms with van der Waals surface area (Å²) in [6, 6.07) is 14.6. The molecule has 30 heavy (non-hydrogen) atoms. The summed E-state index contributed by atoms with van der Waals surface area (Å²) in [6.07, 6.45) is 7.90. The Hall–Kier alpha value is -3.19. The van der Waals surface area contributed by atoms with E-state index in [1.807, 2.05) is 44.5 Å². The van der Waals surface area contributed by atoms with Crippen molar-refractivity contribution in [3.63, 3.8) is 0 Å². The number of nitrogen functional groups attached to an aromatic ring is 1. The Balaban J connectivity index is 1.55. The van der Waals surface area contributed by atoms with Crippen LogP contribution in [0.1, 0.15) is 37.3 Å². The van der Waals surface area contributed by atoms with Gasteiger partial charge in [0, 0.05) is 40.5 Å². The number of aromatic nitrogens is 4. The summed E-state index contributed by atoms with van der Waals surface area (Å²) in [6.45, 7) is 0. The average molecular weight is 396 g/mol. The lowest BCUT2D eigenvalue weighted by Gasteiger charge is -2.27. The Kier molecular flexibility index (Phi) is 4.75. The Bertz CT molecular complexity index is 1180. The molecule has 3 aromatic heterocycles. The lowest BCUT2D eigenvalue weighted by molar-refractivity contribution is 0.392. The number of nitrogens with zero attached hydrogens (tertiary/aromatic N) is 4. The van der Waals surface area contributed by atoms with Crippen molar-refractivity contribution in [1.82, 2.24) is 19.6 Å². The third-order valence-electron chi connectivity index (χ3n) is 6.27. The summed E-state index contributed by atoms with van der Waals surface area (Å²) >= 11 is 0. The molecule has 0 bridgehead atoms. The molecule has 6 nitrogen and oxygen atoms in total. The predicted molar refractivity (Wildman–Crippen MR) is 123 cm³/mol. The zero-order valence-corrected chi connectivity index (χ0v) is 17.1. The van der Waals surface area contributed by atoms with Crippen molar-refractivity contribution in [1.29, 1.82) is 0 Å². The third kappa shape index (κ3) is 3.25. The van der Waals surface area contributed by atoms with E-state index in [1.165, 1.54) is 0 Å². The number of hydrogen-bond donors (Lipinski definition) is 2. The van der Waals surface area contributed by atoms with Crippen LogP contribution in [0, 0.1) is 0 Å². The van der Waals surface area contributed by atoms with Gasteiger partial charge in [-0.1, -0.05) is 36.4 Å². The Labute approximate surface area is 176 Å². The second-order valence-corrected chi connectivity index (χ2v) is 8.21. The Morgan fingerprint density at radius 1 is 0.933 bits per heavy atom. The van der Waals surface area contributed by atoms with E-state index in [9.17, 15) is 0 Å². The van der Waals surface area contributed by atoms with Gasteiger partial charge in [-0.2, -0.15) is 9.61 Å². The van der Waals surface area contributed by atoms with E-state index in [0.29, 0.717) is 17.8 Å². The fourth-order valence-corrected chi connectivity index (χ4v) is 4.44. The van der Waals surface area contributed by atoms with Gasteiger partial charge in [0.2, 0.25) is 0 Å². The summed E-state index contributed by atoms with van der Waals surface area (Å²) < 4.78 is 1.74. The molecule has 0 amide bonds. The van der Waals surface area contributed by atoms with Gasteiger partial charge in [0.05, 0.1) is 11.9 Å². The summed E-state index contributed by atoms with van der Waals surface area (Å²) in [5.74, 6) is 1.06. The molecule has 5 rings (SSSR count). The first-order valence-electron chi connectivity index (χ1n) is 10.5.